The highest BCUT2D eigenvalue weighted by atomic mass is 14.5. The lowest BCUT2D eigenvalue weighted by Gasteiger charge is -1.83. The molecule has 0 aliphatic heterocycles. The largest absolute Gasteiger partial charge is 0.399 e. The maximum absolute atomic E-state index is 7.15. The van der Waals surface area contributed by atoms with Crippen molar-refractivity contribution < 1.29 is 4.11 Å². The van der Waals surface area contributed by atoms with E-state index in [-0.39, 0.29) is 23.8 Å². The zero-order valence-corrected chi connectivity index (χ0v) is 3.73. The van der Waals surface area contributed by atoms with Gasteiger partial charge in [-0.2, -0.15) is 0 Å². The maximum Gasteiger partial charge on any atom is 0.0644 e. The van der Waals surface area contributed by atoms with Crippen molar-refractivity contribution >= 4 is 5.69 Å². The van der Waals surface area contributed by atoms with Gasteiger partial charge in [-0.15, -0.1) is 0 Å². The van der Waals surface area contributed by atoms with E-state index in [0.29, 0.717) is 0 Å². The average molecular weight is 96.1 g/mol. The summed E-state index contributed by atoms with van der Waals surface area (Å²) in [5, 5.41) is 0. The molecule has 0 saturated carbocycles. The van der Waals surface area contributed by atoms with Crippen LogP contribution in [0.15, 0.2) is 30.3 Å². The number of hydrogen-bond donors (Lipinski definition) is 1. The minimum absolute atomic E-state index is 0.0409. The molecule has 0 saturated heterocycles. The van der Waals surface area contributed by atoms with Crippen LogP contribution in [0.2, 0.25) is 0 Å². The van der Waals surface area contributed by atoms with Crippen LogP contribution in [0.3, 0.4) is 0 Å². The standard InChI is InChI=1S/C6H7N/c7-6-4-2-1-3-5-6/h1-5H,7H2/i1D,2D,4D. The summed E-state index contributed by atoms with van der Waals surface area (Å²) in [5.74, 6) is 0. The van der Waals surface area contributed by atoms with Gasteiger partial charge in [-0.1, -0.05) is 18.2 Å². The number of rotatable bonds is 0. The first-order chi connectivity index (χ1) is 4.63. The van der Waals surface area contributed by atoms with Gasteiger partial charge in [0.05, 0.1) is 4.11 Å². The van der Waals surface area contributed by atoms with Crippen LogP contribution >= 0.6 is 0 Å². The number of nitrogens with two attached hydrogens (primary N) is 1. The van der Waals surface area contributed by atoms with Crippen molar-refractivity contribution in [1.82, 2.24) is 0 Å². The van der Waals surface area contributed by atoms with Crippen molar-refractivity contribution in [1.29, 1.82) is 0 Å². The van der Waals surface area contributed by atoms with Gasteiger partial charge in [0, 0.05) is 5.69 Å². The van der Waals surface area contributed by atoms with E-state index in [0.717, 1.165) is 0 Å². The third-order valence-electron chi connectivity index (χ3n) is 0.625. The number of para-hydroxylation sites is 1. The molecule has 0 radical (unpaired) electrons. The van der Waals surface area contributed by atoms with Crippen molar-refractivity contribution in [3.63, 3.8) is 0 Å². The molecule has 1 aromatic rings. The predicted octanol–water partition coefficient (Wildman–Crippen LogP) is 1.27. The van der Waals surface area contributed by atoms with Gasteiger partial charge in [-0.3, -0.25) is 0 Å². The quantitative estimate of drug-likeness (QED) is 0.483. The van der Waals surface area contributed by atoms with E-state index in [1.54, 1.807) is 0 Å². The summed E-state index contributed by atoms with van der Waals surface area (Å²) in [4.78, 5) is 0. The van der Waals surface area contributed by atoms with Crippen LogP contribution in [0.4, 0.5) is 5.69 Å². The molecule has 0 unspecified atom stereocenters. The summed E-state index contributed by atoms with van der Waals surface area (Å²) in [6.07, 6.45) is 0. The summed E-state index contributed by atoms with van der Waals surface area (Å²) >= 11 is 0. The molecule has 0 bridgehead atoms. The molecule has 0 aliphatic rings. The second kappa shape index (κ2) is 1.65. The van der Waals surface area contributed by atoms with Crippen LogP contribution in [0.25, 0.3) is 0 Å². The summed E-state index contributed by atoms with van der Waals surface area (Å²) in [6, 6.07) is 2.74. The van der Waals surface area contributed by atoms with E-state index < -0.39 is 0 Å². The summed E-state index contributed by atoms with van der Waals surface area (Å²) in [7, 11) is 0. The Hall–Kier alpha value is -0.980. The lowest BCUT2D eigenvalue weighted by Crippen LogP contribution is -1.79. The number of nitrogen functional groups attached to an aromatic ring is 1. The van der Waals surface area contributed by atoms with Gasteiger partial charge in [0.1, 0.15) is 0 Å². The van der Waals surface area contributed by atoms with Crippen LogP contribution in [0.5, 0.6) is 0 Å². The Morgan fingerprint density at radius 2 is 2.43 bits per heavy atom. The molecule has 0 atom stereocenters. The molecule has 1 nitrogen and oxygen atoms in total. The third kappa shape index (κ3) is 0.929. The average Bonchev–Trinajstić information content (AvgIpc) is 1.93. The highest BCUT2D eigenvalue weighted by Gasteiger charge is 1.72. The monoisotopic (exact) mass is 96.1 g/mol. The molecule has 2 N–H and O–H groups in total. The van der Waals surface area contributed by atoms with Gasteiger partial charge in [0.15, 0.2) is 0 Å². The molecule has 1 rings (SSSR count). The summed E-state index contributed by atoms with van der Waals surface area (Å²) < 4.78 is 21.4. The zero-order chi connectivity index (χ0) is 7.72. The number of anilines is 1. The first kappa shape index (κ1) is 1.86. The lowest BCUT2D eigenvalue weighted by atomic mass is 10.3. The van der Waals surface area contributed by atoms with Gasteiger partial charge in [0.25, 0.3) is 0 Å². The molecular formula is C6H7N. The highest BCUT2D eigenvalue weighted by Crippen LogP contribution is 1.95. The molecular weight excluding hydrogens is 86.1 g/mol. The molecule has 36 valence electrons. The summed E-state index contributed by atoms with van der Waals surface area (Å²) in [5.41, 5.74) is 5.55. The van der Waals surface area contributed by atoms with Crippen LogP contribution in [0, 0.1) is 0 Å². The minimum Gasteiger partial charge on any atom is -0.399 e. The Kier molecular flexibility index (Phi) is 0.439. The van der Waals surface area contributed by atoms with Crippen LogP contribution in [0.1, 0.15) is 4.11 Å². The van der Waals surface area contributed by atoms with Crippen molar-refractivity contribution in [2.45, 2.75) is 0 Å². The number of benzene rings is 1. The zero-order valence-electron chi connectivity index (χ0n) is 6.73. The van der Waals surface area contributed by atoms with Gasteiger partial charge in [-0.25, -0.2) is 0 Å². The Bertz CT molecular complexity index is 232. The van der Waals surface area contributed by atoms with Gasteiger partial charge < -0.3 is 5.73 Å². The molecule has 0 spiro atoms. The predicted molar refractivity (Wildman–Crippen MR) is 30.9 cm³/mol. The molecule has 1 heteroatoms. The van der Waals surface area contributed by atoms with Crippen LogP contribution in [-0.4, -0.2) is 0 Å². The highest BCUT2D eigenvalue weighted by molar-refractivity contribution is 5.35. The topological polar surface area (TPSA) is 26.0 Å². The Morgan fingerprint density at radius 3 is 3.14 bits per heavy atom. The first-order valence-corrected chi connectivity index (χ1v) is 1.95. The van der Waals surface area contributed by atoms with E-state index in [9.17, 15) is 0 Å². The van der Waals surface area contributed by atoms with Crippen LogP contribution < -0.4 is 5.73 Å². The molecule has 0 aliphatic carbocycles. The second-order valence-corrected chi connectivity index (χ2v) is 1.18. The Morgan fingerprint density at radius 1 is 1.57 bits per heavy atom. The van der Waals surface area contributed by atoms with Gasteiger partial charge in [0.2, 0.25) is 0 Å². The molecule has 7 heavy (non-hydrogen) atoms. The van der Waals surface area contributed by atoms with E-state index in [1.165, 1.54) is 12.1 Å². The normalized spacial score (nSPS) is 14.6. The van der Waals surface area contributed by atoms with Crippen molar-refractivity contribution in [3.8, 4) is 0 Å². The second-order valence-electron chi connectivity index (χ2n) is 1.18. The van der Waals surface area contributed by atoms with Gasteiger partial charge >= 0.3 is 0 Å². The maximum atomic E-state index is 7.15. The smallest absolute Gasteiger partial charge is 0.0644 e. The molecule has 0 fully saturated rings. The molecule has 0 heterocycles. The van der Waals surface area contributed by atoms with Crippen LogP contribution in [-0.2, 0) is 0 Å². The first-order valence-electron chi connectivity index (χ1n) is 3.45. The van der Waals surface area contributed by atoms with E-state index >= 15 is 0 Å². The number of hydrogen-bond acceptors (Lipinski definition) is 1. The lowest BCUT2D eigenvalue weighted by molar-refractivity contribution is 1.69. The fraction of sp³-hybridized carbons (Fsp3) is 0. The van der Waals surface area contributed by atoms with Crippen molar-refractivity contribution in [2.24, 2.45) is 0 Å². The van der Waals surface area contributed by atoms with Gasteiger partial charge in [-0.05, 0) is 12.1 Å². The molecule has 0 amide bonds. The molecule has 0 aromatic heterocycles. The van der Waals surface area contributed by atoms with Crippen molar-refractivity contribution in [3.05, 3.63) is 30.3 Å². The van der Waals surface area contributed by atoms with E-state index in [4.69, 9.17) is 9.85 Å². The van der Waals surface area contributed by atoms with Crippen molar-refractivity contribution in [2.75, 3.05) is 5.73 Å². The van der Waals surface area contributed by atoms with E-state index in [2.05, 4.69) is 0 Å². The van der Waals surface area contributed by atoms with E-state index in [1.807, 2.05) is 0 Å². The minimum atomic E-state index is -0.111. The fourth-order valence-corrected chi connectivity index (χ4v) is 0.323. The Balaban J connectivity index is 3.34. The SMILES string of the molecule is [2H]c1ccc(N)c([2H])c1[2H]. The molecule has 1 aromatic carbocycles. The Labute approximate surface area is 47.0 Å². The fourth-order valence-electron chi connectivity index (χ4n) is 0.323. The summed E-state index contributed by atoms with van der Waals surface area (Å²) in [6.45, 7) is 0. The third-order valence-corrected chi connectivity index (χ3v) is 0.625.